The molecular formula is C15H19F3N2O. The van der Waals surface area contributed by atoms with Crippen LogP contribution in [0.25, 0.3) is 0 Å². The quantitative estimate of drug-likeness (QED) is 0.848. The number of nitrogens with zero attached hydrogens (tertiary/aromatic N) is 1. The Morgan fingerprint density at radius 3 is 2.48 bits per heavy atom. The van der Waals surface area contributed by atoms with Crippen molar-refractivity contribution in [1.29, 1.82) is 0 Å². The van der Waals surface area contributed by atoms with E-state index in [1.165, 1.54) is 11.9 Å². The molecule has 0 bridgehead atoms. The lowest BCUT2D eigenvalue weighted by atomic mass is 9.78. The third-order valence-corrected chi connectivity index (χ3v) is 4.13. The Balaban J connectivity index is 2.23. The number of halogens is 3. The highest BCUT2D eigenvalue weighted by atomic mass is 19.4. The van der Waals surface area contributed by atoms with Crippen LogP contribution >= 0.6 is 0 Å². The number of nitrogens with two attached hydrogens (primary N) is 1. The van der Waals surface area contributed by atoms with Crippen molar-refractivity contribution in [1.82, 2.24) is 0 Å². The smallest absolute Gasteiger partial charge is 0.392 e. The minimum absolute atomic E-state index is 0.0258. The fourth-order valence-electron chi connectivity index (χ4n) is 2.98. The number of alkyl halides is 3. The molecule has 2 N–H and O–H groups in total. The number of benzene rings is 1. The lowest BCUT2D eigenvalue weighted by Crippen LogP contribution is -2.43. The van der Waals surface area contributed by atoms with Crippen LogP contribution < -0.4 is 10.6 Å². The van der Waals surface area contributed by atoms with Crippen LogP contribution in [0.4, 0.5) is 24.5 Å². The molecule has 1 aliphatic carbocycles. The van der Waals surface area contributed by atoms with Crippen molar-refractivity contribution in [3.05, 3.63) is 24.3 Å². The second-order valence-corrected chi connectivity index (χ2v) is 5.50. The highest BCUT2D eigenvalue weighted by Gasteiger charge is 2.48. The highest BCUT2D eigenvalue weighted by Crippen LogP contribution is 2.42. The Labute approximate surface area is 121 Å². The number of amides is 1. The van der Waals surface area contributed by atoms with Crippen molar-refractivity contribution >= 4 is 17.3 Å². The van der Waals surface area contributed by atoms with Gasteiger partial charge in [0.2, 0.25) is 5.91 Å². The zero-order valence-electron chi connectivity index (χ0n) is 11.9. The predicted octanol–water partition coefficient (Wildman–Crippen LogP) is 3.60. The Morgan fingerprint density at radius 1 is 1.24 bits per heavy atom. The first kappa shape index (κ1) is 15.7. The highest BCUT2D eigenvalue weighted by molar-refractivity contribution is 5.97. The van der Waals surface area contributed by atoms with E-state index in [0.717, 1.165) is 0 Å². The van der Waals surface area contributed by atoms with E-state index in [0.29, 0.717) is 24.2 Å². The summed E-state index contributed by atoms with van der Waals surface area (Å²) >= 11 is 0. The normalized spacial score (nSPS) is 22.9. The maximum atomic E-state index is 13.1. The molecule has 0 saturated heterocycles. The lowest BCUT2D eigenvalue weighted by molar-refractivity contribution is -0.197. The summed E-state index contributed by atoms with van der Waals surface area (Å²) in [5, 5.41) is 0. The Kier molecular flexibility index (Phi) is 4.44. The molecule has 0 radical (unpaired) electrons. The van der Waals surface area contributed by atoms with E-state index in [1.54, 1.807) is 24.3 Å². The van der Waals surface area contributed by atoms with E-state index in [-0.39, 0.29) is 12.8 Å². The second kappa shape index (κ2) is 5.95. The number of nitrogen functional groups attached to an aromatic ring is 1. The van der Waals surface area contributed by atoms with Crippen molar-refractivity contribution in [3.63, 3.8) is 0 Å². The molecule has 1 amide bonds. The molecule has 1 fully saturated rings. The fraction of sp³-hybridized carbons (Fsp3) is 0.533. The molecule has 2 rings (SSSR count). The summed E-state index contributed by atoms with van der Waals surface area (Å²) in [6.07, 6.45) is -2.85. The van der Waals surface area contributed by atoms with Gasteiger partial charge in [0.25, 0.3) is 0 Å². The van der Waals surface area contributed by atoms with Crippen LogP contribution in [-0.4, -0.2) is 19.1 Å². The molecule has 1 aromatic rings. The van der Waals surface area contributed by atoms with E-state index in [9.17, 15) is 18.0 Å². The summed E-state index contributed by atoms with van der Waals surface area (Å²) in [7, 11) is 1.48. The monoisotopic (exact) mass is 300 g/mol. The lowest BCUT2D eigenvalue weighted by Gasteiger charge is -2.34. The average Bonchev–Trinajstić information content (AvgIpc) is 2.45. The number of rotatable bonds is 2. The first-order valence-electron chi connectivity index (χ1n) is 7.01. The molecule has 1 aliphatic rings. The van der Waals surface area contributed by atoms with Crippen molar-refractivity contribution in [2.45, 2.75) is 31.9 Å². The third-order valence-electron chi connectivity index (χ3n) is 4.13. The van der Waals surface area contributed by atoms with Gasteiger partial charge in [0.05, 0.1) is 17.3 Å². The van der Waals surface area contributed by atoms with Crippen LogP contribution in [0.3, 0.4) is 0 Å². The van der Waals surface area contributed by atoms with Crippen LogP contribution in [0.1, 0.15) is 25.7 Å². The molecule has 116 valence electrons. The number of carbonyl (C=O) groups is 1. The summed E-state index contributed by atoms with van der Waals surface area (Å²) in [6, 6.07) is 6.69. The van der Waals surface area contributed by atoms with Gasteiger partial charge in [-0.15, -0.1) is 0 Å². The van der Waals surface area contributed by atoms with Crippen LogP contribution in [0.2, 0.25) is 0 Å². The van der Waals surface area contributed by atoms with Crippen molar-refractivity contribution in [2.75, 3.05) is 17.7 Å². The number of carbonyl (C=O) groups excluding carboxylic acids is 1. The van der Waals surface area contributed by atoms with E-state index < -0.39 is 23.9 Å². The third kappa shape index (κ3) is 3.31. The van der Waals surface area contributed by atoms with Crippen LogP contribution in [0.15, 0.2) is 24.3 Å². The van der Waals surface area contributed by atoms with Gasteiger partial charge in [0.1, 0.15) is 0 Å². The predicted molar refractivity (Wildman–Crippen MR) is 75.8 cm³/mol. The largest absolute Gasteiger partial charge is 0.397 e. The summed E-state index contributed by atoms with van der Waals surface area (Å²) in [4.78, 5) is 13.7. The number of para-hydroxylation sites is 2. The molecular weight excluding hydrogens is 281 g/mol. The summed E-state index contributed by atoms with van der Waals surface area (Å²) in [5.74, 6) is -3.07. The number of anilines is 2. The van der Waals surface area contributed by atoms with Gasteiger partial charge in [-0.05, 0) is 25.0 Å². The molecule has 6 heteroatoms. The van der Waals surface area contributed by atoms with Gasteiger partial charge in [-0.2, -0.15) is 13.2 Å². The second-order valence-electron chi connectivity index (χ2n) is 5.50. The van der Waals surface area contributed by atoms with Crippen LogP contribution in [0, 0.1) is 11.8 Å². The van der Waals surface area contributed by atoms with Crippen LogP contribution in [-0.2, 0) is 4.79 Å². The van der Waals surface area contributed by atoms with Gasteiger partial charge < -0.3 is 10.6 Å². The molecule has 1 saturated carbocycles. The maximum Gasteiger partial charge on any atom is 0.392 e. The van der Waals surface area contributed by atoms with E-state index in [1.807, 2.05) is 0 Å². The van der Waals surface area contributed by atoms with E-state index >= 15 is 0 Å². The Morgan fingerprint density at radius 2 is 1.86 bits per heavy atom. The minimum Gasteiger partial charge on any atom is -0.397 e. The zero-order valence-corrected chi connectivity index (χ0v) is 11.9. The van der Waals surface area contributed by atoms with Crippen molar-refractivity contribution < 1.29 is 18.0 Å². The van der Waals surface area contributed by atoms with Crippen molar-refractivity contribution in [3.8, 4) is 0 Å². The Hall–Kier alpha value is -1.72. The van der Waals surface area contributed by atoms with E-state index in [4.69, 9.17) is 5.73 Å². The summed E-state index contributed by atoms with van der Waals surface area (Å²) in [6.45, 7) is 0. The Bertz CT molecular complexity index is 516. The van der Waals surface area contributed by atoms with Gasteiger partial charge >= 0.3 is 6.18 Å². The molecule has 1 aromatic carbocycles. The number of hydrogen-bond donors (Lipinski definition) is 1. The van der Waals surface area contributed by atoms with Gasteiger partial charge in [0, 0.05) is 13.0 Å². The first-order valence-corrected chi connectivity index (χ1v) is 7.01. The molecule has 0 spiro atoms. The zero-order chi connectivity index (χ0) is 15.6. The SMILES string of the molecule is CN(C(=O)C1CCCCC1C(F)(F)F)c1ccccc1N. The van der Waals surface area contributed by atoms with Crippen molar-refractivity contribution in [2.24, 2.45) is 11.8 Å². The topological polar surface area (TPSA) is 46.3 Å². The standard InChI is InChI=1S/C15H19F3N2O/c1-20(13-9-5-4-8-12(13)19)14(21)10-6-2-3-7-11(10)15(16,17)18/h4-5,8-11H,2-3,6-7,19H2,1H3. The fourth-order valence-corrected chi connectivity index (χ4v) is 2.98. The van der Waals surface area contributed by atoms with Gasteiger partial charge in [-0.3, -0.25) is 4.79 Å². The van der Waals surface area contributed by atoms with Gasteiger partial charge in [0.15, 0.2) is 0 Å². The van der Waals surface area contributed by atoms with Gasteiger partial charge in [-0.1, -0.05) is 25.0 Å². The minimum atomic E-state index is -4.33. The summed E-state index contributed by atoms with van der Waals surface area (Å²) in [5.41, 5.74) is 6.63. The molecule has 0 aromatic heterocycles. The van der Waals surface area contributed by atoms with E-state index in [2.05, 4.69) is 0 Å². The summed E-state index contributed by atoms with van der Waals surface area (Å²) < 4.78 is 39.3. The molecule has 3 nitrogen and oxygen atoms in total. The molecule has 0 aliphatic heterocycles. The van der Waals surface area contributed by atoms with Gasteiger partial charge in [-0.25, -0.2) is 0 Å². The molecule has 0 heterocycles. The maximum absolute atomic E-state index is 13.1. The average molecular weight is 300 g/mol. The number of hydrogen-bond acceptors (Lipinski definition) is 2. The van der Waals surface area contributed by atoms with Crippen LogP contribution in [0.5, 0.6) is 0 Å². The molecule has 2 unspecified atom stereocenters. The molecule has 21 heavy (non-hydrogen) atoms. The first-order chi connectivity index (χ1) is 9.82. The molecule has 2 atom stereocenters.